The number of nitrogens with one attached hydrogen (secondary N) is 1. The molecule has 0 radical (unpaired) electrons. The van der Waals surface area contributed by atoms with Gasteiger partial charge in [0.1, 0.15) is 12.0 Å². The fourth-order valence-electron chi connectivity index (χ4n) is 1.17. The van der Waals surface area contributed by atoms with E-state index in [4.69, 9.17) is 10.9 Å². The van der Waals surface area contributed by atoms with E-state index in [9.17, 15) is 18.0 Å². The Balaban J connectivity index is 2.55. The second-order valence-corrected chi connectivity index (χ2v) is 3.37. The minimum Gasteiger partial charge on any atom is -0.409 e. The summed E-state index contributed by atoms with van der Waals surface area (Å²) >= 11 is 0. The molecule has 0 spiro atoms. The third-order valence-electron chi connectivity index (χ3n) is 2.23. The monoisotopic (exact) mass is 225 g/mol. The van der Waals surface area contributed by atoms with Crippen LogP contribution in [0.4, 0.5) is 13.2 Å². The maximum atomic E-state index is 11.8. The van der Waals surface area contributed by atoms with Crippen molar-refractivity contribution in [3.05, 3.63) is 0 Å². The average molecular weight is 225 g/mol. The van der Waals surface area contributed by atoms with E-state index in [0.29, 0.717) is 12.8 Å². The Hall–Kier alpha value is -1.47. The van der Waals surface area contributed by atoms with Crippen LogP contribution in [0, 0.1) is 5.41 Å². The summed E-state index contributed by atoms with van der Waals surface area (Å²) in [4.78, 5) is 11.3. The molecule has 0 unspecified atom stereocenters. The van der Waals surface area contributed by atoms with Crippen LogP contribution in [-0.4, -0.2) is 29.7 Å². The minimum atomic E-state index is -4.46. The number of nitrogens with two attached hydrogens (primary N) is 1. The van der Waals surface area contributed by atoms with E-state index in [-0.39, 0.29) is 5.84 Å². The van der Waals surface area contributed by atoms with Crippen LogP contribution in [0.3, 0.4) is 0 Å². The van der Waals surface area contributed by atoms with Gasteiger partial charge in [0.05, 0.1) is 0 Å². The number of amidine groups is 1. The Morgan fingerprint density at radius 3 is 2.40 bits per heavy atom. The minimum absolute atomic E-state index is 0.298. The molecule has 0 aromatic rings. The fourth-order valence-corrected chi connectivity index (χ4v) is 1.17. The molecule has 0 heterocycles. The molecular weight excluding hydrogens is 215 g/mol. The molecule has 0 aromatic heterocycles. The highest BCUT2D eigenvalue weighted by Gasteiger charge is 2.54. The van der Waals surface area contributed by atoms with E-state index in [2.05, 4.69) is 5.16 Å². The van der Waals surface area contributed by atoms with Crippen LogP contribution < -0.4 is 11.1 Å². The number of oxime groups is 1. The van der Waals surface area contributed by atoms with Gasteiger partial charge in [0.15, 0.2) is 5.84 Å². The largest absolute Gasteiger partial charge is 0.409 e. The summed E-state index contributed by atoms with van der Waals surface area (Å²) in [5.41, 5.74) is 3.98. The summed E-state index contributed by atoms with van der Waals surface area (Å²) < 4.78 is 35.3. The average Bonchev–Trinajstić information content (AvgIpc) is 2.92. The smallest absolute Gasteiger partial charge is 0.405 e. The van der Waals surface area contributed by atoms with Crippen molar-refractivity contribution in [3.8, 4) is 0 Å². The van der Waals surface area contributed by atoms with Gasteiger partial charge in [-0.1, -0.05) is 5.16 Å². The molecule has 8 heteroatoms. The molecule has 0 aromatic carbocycles. The third kappa shape index (κ3) is 2.51. The summed E-state index contributed by atoms with van der Waals surface area (Å²) in [6, 6.07) is 0. The van der Waals surface area contributed by atoms with E-state index >= 15 is 0 Å². The molecule has 1 fully saturated rings. The Labute approximate surface area is 83.1 Å². The second kappa shape index (κ2) is 3.59. The van der Waals surface area contributed by atoms with Crippen molar-refractivity contribution >= 4 is 11.7 Å². The van der Waals surface area contributed by atoms with Gasteiger partial charge in [0.2, 0.25) is 5.91 Å². The summed E-state index contributed by atoms with van der Waals surface area (Å²) in [5, 5.41) is 12.7. The lowest BCUT2D eigenvalue weighted by molar-refractivity contribution is -0.140. The third-order valence-corrected chi connectivity index (χ3v) is 2.23. The lowest BCUT2D eigenvalue weighted by Crippen LogP contribution is -2.44. The molecule has 1 amide bonds. The zero-order valence-electron chi connectivity index (χ0n) is 7.64. The van der Waals surface area contributed by atoms with Gasteiger partial charge in [0, 0.05) is 0 Å². The first kappa shape index (κ1) is 11.6. The first-order valence-corrected chi connectivity index (χ1v) is 4.15. The van der Waals surface area contributed by atoms with Gasteiger partial charge in [-0.25, -0.2) is 0 Å². The van der Waals surface area contributed by atoms with Crippen LogP contribution >= 0.6 is 0 Å². The number of alkyl halides is 3. The van der Waals surface area contributed by atoms with Crippen LogP contribution in [0.25, 0.3) is 0 Å². The van der Waals surface area contributed by atoms with Gasteiger partial charge < -0.3 is 16.3 Å². The second-order valence-electron chi connectivity index (χ2n) is 3.37. The van der Waals surface area contributed by atoms with Crippen molar-refractivity contribution < 1.29 is 23.2 Å². The SMILES string of the molecule is NC(=NO)C1(C(=O)NCC(F)(F)F)CC1. The van der Waals surface area contributed by atoms with Crippen molar-refractivity contribution in [2.75, 3.05) is 6.54 Å². The fraction of sp³-hybridized carbons (Fsp3) is 0.714. The standard InChI is InChI=1S/C7H10F3N3O2/c8-7(9,10)3-12-5(14)6(1-2-6)4(11)13-15/h15H,1-3H2,(H2,11,13)(H,12,14). The molecular formula is C7H10F3N3O2. The van der Waals surface area contributed by atoms with Crippen molar-refractivity contribution in [2.45, 2.75) is 19.0 Å². The number of nitrogens with zero attached hydrogens (tertiary/aromatic N) is 1. The van der Waals surface area contributed by atoms with Crippen molar-refractivity contribution in [3.63, 3.8) is 0 Å². The lowest BCUT2D eigenvalue weighted by Gasteiger charge is -2.14. The van der Waals surface area contributed by atoms with E-state index in [1.807, 2.05) is 0 Å². The topological polar surface area (TPSA) is 87.7 Å². The Kier molecular flexibility index (Phi) is 2.78. The molecule has 0 aliphatic heterocycles. The maximum Gasteiger partial charge on any atom is 0.405 e. The number of carbonyl (C=O) groups is 1. The molecule has 0 bridgehead atoms. The number of rotatable bonds is 3. The first-order valence-electron chi connectivity index (χ1n) is 4.15. The Bertz CT molecular complexity index is 296. The highest BCUT2D eigenvalue weighted by Crippen LogP contribution is 2.46. The van der Waals surface area contributed by atoms with Crippen LogP contribution in [0.2, 0.25) is 0 Å². The molecule has 1 aliphatic carbocycles. The number of hydrogen-bond donors (Lipinski definition) is 3. The predicted molar refractivity (Wildman–Crippen MR) is 44.1 cm³/mol. The van der Waals surface area contributed by atoms with Crippen molar-refractivity contribution in [1.82, 2.24) is 5.32 Å². The Morgan fingerprint density at radius 2 is 2.07 bits per heavy atom. The predicted octanol–water partition coefficient (Wildman–Crippen LogP) is 0.191. The first-order chi connectivity index (χ1) is 6.82. The Morgan fingerprint density at radius 1 is 1.53 bits per heavy atom. The molecule has 1 aliphatic rings. The zero-order valence-corrected chi connectivity index (χ0v) is 7.64. The molecule has 86 valence electrons. The van der Waals surface area contributed by atoms with E-state index < -0.39 is 24.0 Å². The molecule has 0 saturated heterocycles. The number of halogens is 3. The molecule has 1 rings (SSSR count). The summed E-state index contributed by atoms with van der Waals surface area (Å²) in [5.74, 6) is -1.20. The van der Waals surface area contributed by atoms with E-state index in [1.54, 1.807) is 5.32 Å². The number of hydrogen-bond acceptors (Lipinski definition) is 3. The van der Waals surface area contributed by atoms with E-state index in [0.717, 1.165) is 0 Å². The molecule has 5 nitrogen and oxygen atoms in total. The van der Waals surface area contributed by atoms with Crippen LogP contribution in [0.5, 0.6) is 0 Å². The maximum absolute atomic E-state index is 11.8. The summed E-state index contributed by atoms with van der Waals surface area (Å²) in [6.07, 6.45) is -3.87. The highest BCUT2D eigenvalue weighted by atomic mass is 19.4. The van der Waals surface area contributed by atoms with Gasteiger partial charge in [0.25, 0.3) is 0 Å². The van der Waals surface area contributed by atoms with Crippen molar-refractivity contribution in [1.29, 1.82) is 0 Å². The van der Waals surface area contributed by atoms with Gasteiger partial charge in [-0.3, -0.25) is 4.79 Å². The van der Waals surface area contributed by atoms with Crippen LogP contribution in [-0.2, 0) is 4.79 Å². The van der Waals surface area contributed by atoms with Crippen molar-refractivity contribution in [2.24, 2.45) is 16.3 Å². The molecule has 4 N–H and O–H groups in total. The van der Waals surface area contributed by atoms with Gasteiger partial charge in [-0.15, -0.1) is 0 Å². The van der Waals surface area contributed by atoms with E-state index in [1.165, 1.54) is 0 Å². The van der Waals surface area contributed by atoms with Gasteiger partial charge in [-0.2, -0.15) is 13.2 Å². The molecule has 0 atom stereocenters. The highest BCUT2D eigenvalue weighted by molar-refractivity contribution is 6.09. The lowest BCUT2D eigenvalue weighted by atomic mass is 10.1. The number of amides is 1. The van der Waals surface area contributed by atoms with Gasteiger partial charge >= 0.3 is 6.18 Å². The van der Waals surface area contributed by atoms with Crippen LogP contribution in [0.15, 0.2) is 5.16 Å². The summed E-state index contributed by atoms with van der Waals surface area (Å²) in [7, 11) is 0. The number of carbonyl (C=O) groups excluding carboxylic acids is 1. The normalized spacial score (nSPS) is 19.8. The molecule has 1 saturated carbocycles. The molecule has 15 heavy (non-hydrogen) atoms. The van der Waals surface area contributed by atoms with Gasteiger partial charge in [-0.05, 0) is 12.8 Å². The van der Waals surface area contributed by atoms with Crippen LogP contribution in [0.1, 0.15) is 12.8 Å². The zero-order chi connectivity index (χ0) is 11.7. The summed E-state index contributed by atoms with van der Waals surface area (Å²) in [6.45, 7) is -1.41. The quantitative estimate of drug-likeness (QED) is 0.277.